The average Bonchev–Trinajstić information content (AvgIpc) is 2.67. The zero-order valence-corrected chi connectivity index (χ0v) is 16.8. The Hall–Kier alpha value is -3.08. The zero-order chi connectivity index (χ0) is 19.5. The van der Waals surface area contributed by atoms with E-state index in [1.807, 2.05) is 13.0 Å². The lowest BCUT2D eigenvalue weighted by Gasteiger charge is -2.36. The minimum absolute atomic E-state index is 0.805. The smallest absolute Gasteiger partial charge is 0.227 e. The van der Waals surface area contributed by atoms with E-state index >= 15 is 0 Å². The number of rotatable bonds is 4. The molecule has 0 amide bonds. The van der Waals surface area contributed by atoms with Crippen LogP contribution < -0.4 is 15.1 Å². The van der Waals surface area contributed by atoms with Gasteiger partial charge in [0.1, 0.15) is 5.82 Å². The number of aryl methyl sites for hydroxylation is 3. The molecule has 2 aromatic carbocycles. The fraction of sp³-hybridized carbons (Fsp3) is 0.304. The lowest BCUT2D eigenvalue weighted by Crippen LogP contribution is -2.47. The normalized spacial score (nSPS) is 14.2. The van der Waals surface area contributed by atoms with Crippen LogP contribution in [0.4, 0.5) is 23.1 Å². The highest BCUT2D eigenvalue weighted by atomic mass is 15.3. The minimum Gasteiger partial charge on any atom is -0.368 e. The first-order chi connectivity index (χ1) is 13.6. The van der Waals surface area contributed by atoms with Gasteiger partial charge in [-0.1, -0.05) is 24.3 Å². The van der Waals surface area contributed by atoms with Gasteiger partial charge in [0.25, 0.3) is 0 Å². The first-order valence-electron chi connectivity index (χ1n) is 9.83. The molecule has 5 nitrogen and oxygen atoms in total. The minimum atomic E-state index is 0.805. The van der Waals surface area contributed by atoms with Gasteiger partial charge in [0.15, 0.2) is 0 Å². The fourth-order valence-corrected chi connectivity index (χ4v) is 3.76. The number of piperazine rings is 1. The predicted molar refractivity (Wildman–Crippen MR) is 117 cm³/mol. The van der Waals surface area contributed by atoms with Crippen LogP contribution in [0.1, 0.15) is 16.8 Å². The fourth-order valence-electron chi connectivity index (χ4n) is 3.76. The standard InChI is InChI=1S/C23H27N5/c1-17-13-18(2)15-20(14-17)25-22-16-19(3)24-23(26-22)28-11-9-27(10-12-28)21-7-5-4-6-8-21/h4-8,13-16H,9-12H2,1-3H3,(H,24,25,26). The number of para-hydroxylation sites is 1. The molecule has 5 heteroatoms. The maximum Gasteiger partial charge on any atom is 0.227 e. The number of anilines is 4. The van der Waals surface area contributed by atoms with E-state index in [4.69, 9.17) is 4.98 Å². The molecule has 1 N–H and O–H groups in total. The molecule has 2 heterocycles. The van der Waals surface area contributed by atoms with Gasteiger partial charge in [0.05, 0.1) is 0 Å². The van der Waals surface area contributed by atoms with Gasteiger partial charge in [-0.25, -0.2) is 4.98 Å². The second-order valence-corrected chi connectivity index (χ2v) is 7.51. The molecule has 0 bridgehead atoms. The van der Waals surface area contributed by atoms with E-state index in [9.17, 15) is 0 Å². The topological polar surface area (TPSA) is 44.3 Å². The molecule has 0 radical (unpaired) electrons. The van der Waals surface area contributed by atoms with Crippen molar-refractivity contribution in [3.63, 3.8) is 0 Å². The molecule has 0 aliphatic carbocycles. The van der Waals surface area contributed by atoms with Crippen molar-refractivity contribution >= 4 is 23.1 Å². The van der Waals surface area contributed by atoms with Gasteiger partial charge in [0, 0.05) is 49.3 Å². The Balaban J connectivity index is 1.48. The summed E-state index contributed by atoms with van der Waals surface area (Å²) >= 11 is 0. The third-order valence-electron chi connectivity index (χ3n) is 5.02. The lowest BCUT2D eigenvalue weighted by molar-refractivity contribution is 0.639. The van der Waals surface area contributed by atoms with Gasteiger partial charge in [-0.2, -0.15) is 4.98 Å². The molecule has 0 atom stereocenters. The molecule has 1 fully saturated rings. The molecule has 1 aromatic heterocycles. The maximum absolute atomic E-state index is 4.79. The molecule has 1 aliphatic rings. The number of hydrogen-bond donors (Lipinski definition) is 1. The third kappa shape index (κ3) is 4.25. The van der Waals surface area contributed by atoms with Crippen LogP contribution in [0.3, 0.4) is 0 Å². The molecule has 4 rings (SSSR count). The Morgan fingerprint density at radius 1 is 0.750 bits per heavy atom. The van der Waals surface area contributed by atoms with Crippen LogP contribution in [0.15, 0.2) is 54.6 Å². The first-order valence-corrected chi connectivity index (χ1v) is 9.83. The highest BCUT2D eigenvalue weighted by Crippen LogP contribution is 2.22. The van der Waals surface area contributed by atoms with Crippen molar-refractivity contribution in [2.24, 2.45) is 0 Å². The van der Waals surface area contributed by atoms with Crippen molar-refractivity contribution in [2.75, 3.05) is 41.3 Å². The molecule has 3 aromatic rings. The van der Waals surface area contributed by atoms with Gasteiger partial charge >= 0.3 is 0 Å². The molecule has 1 saturated heterocycles. The molecule has 0 saturated carbocycles. The van der Waals surface area contributed by atoms with Crippen LogP contribution in [-0.4, -0.2) is 36.1 Å². The molecule has 28 heavy (non-hydrogen) atoms. The van der Waals surface area contributed by atoms with E-state index in [0.717, 1.165) is 49.3 Å². The summed E-state index contributed by atoms with van der Waals surface area (Å²) in [5.41, 5.74) is 5.80. The number of nitrogens with zero attached hydrogens (tertiary/aromatic N) is 4. The van der Waals surface area contributed by atoms with Crippen LogP contribution in [0.5, 0.6) is 0 Å². The van der Waals surface area contributed by atoms with E-state index in [1.54, 1.807) is 0 Å². The van der Waals surface area contributed by atoms with Crippen molar-refractivity contribution in [3.8, 4) is 0 Å². The van der Waals surface area contributed by atoms with E-state index in [1.165, 1.54) is 16.8 Å². The lowest BCUT2D eigenvalue weighted by atomic mass is 10.1. The van der Waals surface area contributed by atoms with Crippen molar-refractivity contribution in [3.05, 3.63) is 71.4 Å². The van der Waals surface area contributed by atoms with Gasteiger partial charge in [0.2, 0.25) is 5.95 Å². The molecular weight excluding hydrogens is 346 g/mol. The van der Waals surface area contributed by atoms with Gasteiger partial charge < -0.3 is 15.1 Å². The predicted octanol–water partition coefficient (Wildman–Crippen LogP) is 4.47. The van der Waals surface area contributed by atoms with Crippen molar-refractivity contribution < 1.29 is 0 Å². The largest absolute Gasteiger partial charge is 0.368 e. The summed E-state index contributed by atoms with van der Waals surface area (Å²) in [7, 11) is 0. The first kappa shape index (κ1) is 18.3. The summed E-state index contributed by atoms with van der Waals surface area (Å²) in [6.07, 6.45) is 0. The van der Waals surface area contributed by atoms with Gasteiger partial charge in [-0.05, 0) is 56.2 Å². The van der Waals surface area contributed by atoms with Crippen LogP contribution in [0, 0.1) is 20.8 Å². The van der Waals surface area contributed by atoms with Crippen LogP contribution in [-0.2, 0) is 0 Å². The van der Waals surface area contributed by atoms with Gasteiger partial charge in [-0.3, -0.25) is 0 Å². The summed E-state index contributed by atoms with van der Waals surface area (Å²) in [5, 5.41) is 3.45. The monoisotopic (exact) mass is 373 g/mol. The van der Waals surface area contributed by atoms with Crippen molar-refractivity contribution in [1.29, 1.82) is 0 Å². The van der Waals surface area contributed by atoms with Crippen molar-refractivity contribution in [2.45, 2.75) is 20.8 Å². The van der Waals surface area contributed by atoms with Gasteiger partial charge in [-0.15, -0.1) is 0 Å². The maximum atomic E-state index is 4.79. The highest BCUT2D eigenvalue weighted by Gasteiger charge is 2.20. The molecule has 0 unspecified atom stereocenters. The number of hydrogen-bond acceptors (Lipinski definition) is 5. The molecule has 0 spiro atoms. The van der Waals surface area contributed by atoms with E-state index in [0.29, 0.717) is 0 Å². The summed E-state index contributed by atoms with van der Waals surface area (Å²) < 4.78 is 0. The van der Waals surface area contributed by atoms with E-state index < -0.39 is 0 Å². The Kier molecular flexibility index (Phi) is 5.15. The summed E-state index contributed by atoms with van der Waals surface area (Å²) in [6.45, 7) is 10.0. The Labute approximate surface area is 167 Å². The number of nitrogens with one attached hydrogen (secondary N) is 1. The second-order valence-electron chi connectivity index (χ2n) is 7.51. The molecule has 144 valence electrons. The average molecular weight is 374 g/mol. The van der Waals surface area contributed by atoms with Crippen LogP contribution in [0.25, 0.3) is 0 Å². The highest BCUT2D eigenvalue weighted by molar-refractivity contribution is 5.60. The summed E-state index contributed by atoms with van der Waals surface area (Å²) in [4.78, 5) is 14.2. The Morgan fingerprint density at radius 3 is 2.07 bits per heavy atom. The number of aromatic nitrogens is 2. The van der Waals surface area contributed by atoms with E-state index in [2.05, 4.69) is 82.5 Å². The van der Waals surface area contributed by atoms with Crippen LogP contribution in [0.2, 0.25) is 0 Å². The summed E-state index contributed by atoms with van der Waals surface area (Å²) in [6, 6.07) is 19.0. The molecule has 1 aliphatic heterocycles. The summed E-state index contributed by atoms with van der Waals surface area (Å²) in [5.74, 6) is 1.65. The Bertz CT molecular complexity index is 926. The molecular formula is C23H27N5. The number of benzene rings is 2. The van der Waals surface area contributed by atoms with Crippen molar-refractivity contribution in [1.82, 2.24) is 9.97 Å². The van der Waals surface area contributed by atoms with Crippen LogP contribution >= 0.6 is 0 Å². The van der Waals surface area contributed by atoms with E-state index in [-0.39, 0.29) is 0 Å². The second kappa shape index (κ2) is 7.89. The third-order valence-corrected chi connectivity index (χ3v) is 5.02. The zero-order valence-electron chi connectivity index (χ0n) is 16.8. The Morgan fingerprint density at radius 2 is 1.39 bits per heavy atom. The SMILES string of the molecule is Cc1cc(C)cc(Nc2cc(C)nc(N3CCN(c4ccccc4)CC3)n2)c1. The quantitative estimate of drug-likeness (QED) is 0.731.